The number of nitrogens with one attached hydrogen (secondary N) is 2. The van der Waals surface area contributed by atoms with E-state index in [0.29, 0.717) is 6.54 Å². The molecule has 0 fully saturated rings. The first-order chi connectivity index (χ1) is 13.1. The lowest BCUT2D eigenvalue weighted by Gasteiger charge is -2.29. The third-order valence-electron chi connectivity index (χ3n) is 5.05. The van der Waals surface area contributed by atoms with Crippen molar-refractivity contribution in [3.63, 3.8) is 0 Å². The summed E-state index contributed by atoms with van der Waals surface area (Å²) < 4.78 is 13.1. The number of halogens is 1. The van der Waals surface area contributed by atoms with Crippen molar-refractivity contribution < 1.29 is 4.39 Å². The molecule has 4 heteroatoms. The summed E-state index contributed by atoms with van der Waals surface area (Å²) in [5.41, 5.74) is 2.93. The predicted molar refractivity (Wildman–Crippen MR) is 107 cm³/mol. The number of guanidine groups is 1. The molecule has 0 aromatic heterocycles. The molecule has 3 aromatic rings. The molecule has 0 spiro atoms. The highest BCUT2D eigenvalue weighted by Gasteiger charge is 2.42. The fraction of sp³-hybridized carbons (Fsp3) is 0.174. The van der Waals surface area contributed by atoms with Crippen molar-refractivity contribution in [2.45, 2.75) is 25.0 Å². The molecule has 0 amide bonds. The molecule has 0 saturated carbocycles. The summed E-state index contributed by atoms with van der Waals surface area (Å²) in [6, 6.07) is 27.2. The molecule has 3 nitrogen and oxygen atoms in total. The second kappa shape index (κ2) is 7.23. The van der Waals surface area contributed by atoms with Gasteiger partial charge in [0.25, 0.3) is 0 Å². The molecule has 0 aliphatic carbocycles. The Bertz CT molecular complexity index is 923. The Morgan fingerprint density at radius 2 is 1.56 bits per heavy atom. The molecule has 1 aliphatic rings. The summed E-state index contributed by atoms with van der Waals surface area (Å²) in [5, 5.41) is 6.90. The molecule has 1 unspecified atom stereocenters. The maximum atomic E-state index is 13.1. The van der Waals surface area contributed by atoms with Crippen LogP contribution in [0.15, 0.2) is 89.9 Å². The molecule has 2 atom stereocenters. The minimum Gasteiger partial charge on any atom is -0.352 e. The Kier molecular flexibility index (Phi) is 4.63. The Morgan fingerprint density at radius 1 is 0.926 bits per heavy atom. The summed E-state index contributed by atoms with van der Waals surface area (Å²) in [7, 11) is 0. The van der Waals surface area contributed by atoms with E-state index in [9.17, 15) is 4.39 Å². The van der Waals surface area contributed by atoms with Gasteiger partial charge in [-0.05, 0) is 35.7 Å². The van der Waals surface area contributed by atoms with Gasteiger partial charge in [0.1, 0.15) is 11.4 Å². The summed E-state index contributed by atoms with van der Waals surface area (Å²) in [6.45, 7) is 2.73. The zero-order valence-electron chi connectivity index (χ0n) is 15.2. The third-order valence-corrected chi connectivity index (χ3v) is 5.05. The first-order valence-electron chi connectivity index (χ1n) is 9.10. The molecule has 1 heterocycles. The van der Waals surface area contributed by atoms with Crippen molar-refractivity contribution in [2.75, 3.05) is 0 Å². The first kappa shape index (κ1) is 17.3. The van der Waals surface area contributed by atoms with Crippen molar-refractivity contribution in [1.82, 2.24) is 10.6 Å². The summed E-state index contributed by atoms with van der Waals surface area (Å²) >= 11 is 0. The molecule has 0 saturated heterocycles. The third kappa shape index (κ3) is 3.56. The summed E-state index contributed by atoms with van der Waals surface area (Å²) in [6.07, 6.45) is 0. The van der Waals surface area contributed by atoms with Crippen LogP contribution in [0.3, 0.4) is 0 Å². The molecule has 27 heavy (non-hydrogen) atoms. The largest absolute Gasteiger partial charge is 0.352 e. The molecule has 136 valence electrons. The molecule has 4 rings (SSSR count). The van der Waals surface area contributed by atoms with Crippen molar-refractivity contribution in [2.24, 2.45) is 4.99 Å². The molecule has 3 aromatic carbocycles. The van der Waals surface area contributed by atoms with Crippen LogP contribution in [0.25, 0.3) is 0 Å². The van der Waals surface area contributed by atoms with E-state index in [-0.39, 0.29) is 11.9 Å². The fourth-order valence-corrected chi connectivity index (χ4v) is 3.55. The smallest absolute Gasteiger partial charge is 0.193 e. The summed E-state index contributed by atoms with van der Waals surface area (Å²) in [4.78, 5) is 5.00. The van der Waals surface area contributed by atoms with Crippen LogP contribution < -0.4 is 10.6 Å². The Labute approximate surface area is 159 Å². The quantitative estimate of drug-likeness (QED) is 0.718. The number of benzene rings is 3. The van der Waals surface area contributed by atoms with Crippen molar-refractivity contribution in [3.05, 3.63) is 107 Å². The van der Waals surface area contributed by atoms with E-state index in [1.54, 1.807) is 12.1 Å². The lowest BCUT2D eigenvalue weighted by atomic mass is 9.82. The lowest BCUT2D eigenvalue weighted by Crippen LogP contribution is -2.37. The van der Waals surface area contributed by atoms with Gasteiger partial charge in [-0.2, -0.15) is 0 Å². The van der Waals surface area contributed by atoms with Crippen LogP contribution in [0.5, 0.6) is 0 Å². The highest BCUT2D eigenvalue weighted by Crippen LogP contribution is 2.41. The van der Waals surface area contributed by atoms with Gasteiger partial charge in [-0.25, -0.2) is 9.38 Å². The second-order valence-corrected chi connectivity index (χ2v) is 6.94. The van der Waals surface area contributed by atoms with Crippen LogP contribution in [-0.4, -0.2) is 5.96 Å². The van der Waals surface area contributed by atoms with E-state index in [0.717, 1.165) is 17.1 Å². The lowest BCUT2D eigenvalue weighted by molar-refractivity contribution is 0.405. The number of rotatable bonds is 4. The van der Waals surface area contributed by atoms with Crippen LogP contribution in [0, 0.1) is 5.82 Å². The average Bonchev–Trinajstić information content (AvgIpc) is 3.07. The van der Waals surface area contributed by atoms with Crippen LogP contribution >= 0.6 is 0 Å². The van der Waals surface area contributed by atoms with E-state index < -0.39 is 5.54 Å². The Morgan fingerprint density at radius 3 is 2.22 bits per heavy atom. The highest BCUT2D eigenvalue weighted by atomic mass is 19.1. The highest BCUT2D eigenvalue weighted by molar-refractivity contribution is 5.83. The zero-order chi connectivity index (χ0) is 18.7. The first-order valence-corrected chi connectivity index (χ1v) is 9.10. The molecule has 0 bridgehead atoms. The Hall–Kier alpha value is -3.14. The molecule has 1 aliphatic heterocycles. The normalized spacial score (nSPS) is 21.4. The van der Waals surface area contributed by atoms with Gasteiger partial charge in [-0.3, -0.25) is 0 Å². The average molecular weight is 359 g/mol. The van der Waals surface area contributed by atoms with Crippen LogP contribution in [-0.2, 0) is 12.1 Å². The molecule has 2 N–H and O–H groups in total. The summed E-state index contributed by atoms with van der Waals surface area (Å²) in [5.74, 6) is 0.524. The van der Waals surface area contributed by atoms with Crippen molar-refractivity contribution in [3.8, 4) is 0 Å². The maximum Gasteiger partial charge on any atom is 0.193 e. The van der Waals surface area contributed by atoms with Gasteiger partial charge in [0.15, 0.2) is 5.96 Å². The maximum absolute atomic E-state index is 13.1. The number of hydrogen-bond donors (Lipinski definition) is 2. The SMILES string of the molecule is C[C@@]1(c2ccccc2)N=C(NCc2ccc(F)cc2)NC1c1ccccc1. The van der Waals surface area contributed by atoms with Crippen molar-refractivity contribution >= 4 is 5.96 Å². The zero-order valence-corrected chi connectivity index (χ0v) is 15.2. The minimum atomic E-state index is -0.423. The van der Waals surface area contributed by atoms with E-state index in [1.165, 1.54) is 17.7 Å². The monoisotopic (exact) mass is 359 g/mol. The molecular weight excluding hydrogens is 337 g/mol. The van der Waals surface area contributed by atoms with Gasteiger partial charge in [0.2, 0.25) is 0 Å². The topological polar surface area (TPSA) is 36.4 Å². The van der Waals surface area contributed by atoms with Crippen LogP contribution in [0.1, 0.15) is 29.7 Å². The van der Waals surface area contributed by atoms with Gasteiger partial charge < -0.3 is 10.6 Å². The van der Waals surface area contributed by atoms with Crippen LogP contribution in [0.2, 0.25) is 0 Å². The number of hydrogen-bond acceptors (Lipinski definition) is 3. The van der Waals surface area contributed by atoms with Gasteiger partial charge in [-0.15, -0.1) is 0 Å². The van der Waals surface area contributed by atoms with Crippen molar-refractivity contribution in [1.29, 1.82) is 0 Å². The fourth-order valence-electron chi connectivity index (χ4n) is 3.55. The number of aliphatic imine (C=N–C) groups is 1. The standard InChI is InChI=1S/C23H22FN3/c1-23(19-10-6-3-7-11-19)21(18-8-4-2-5-9-18)26-22(27-23)25-16-17-12-14-20(24)15-13-17/h2-15,21H,16H2,1H3,(H2,25,26,27)/t21?,23-/m0/s1. The van der Waals surface area contributed by atoms with E-state index in [4.69, 9.17) is 4.99 Å². The minimum absolute atomic E-state index is 0.0248. The second-order valence-electron chi connectivity index (χ2n) is 6.94. The van der Waals surface area contributed by atoms with Crippen LogP contribution in [0.4, 0.5) is 4.39 Å². The Balaban J connectivity index is 1.61. The number of nitrogens with zero attached hydrogens (tertiary/aromatic N) is 1. The van der Waals surface area contributed by atoms with Gasteiger partial charge in [-0.1, -0.05) is 72.8 Å². The van der Waals surface area contributed by atoms with E-state index >= 15 is 0 Å². The van der Waals surface area contributed by atoms with E-state index in [1.807, 2.05) is 36.4 Å². The molecule has 0 radical (unpaired) electrons. The van der Waals surface area contributed by atoms with E-state index in [2.05, 4.69) is 41.8 Å². The van der Waals surface area contributed by atoms with Gasteiger partial charge in [0, 0.05) is 6.54 Å². The van der Waals surface area contributed by atoms with Gasteiger partial charge in [0.05, 0.1) is 6.04 Å². The predicted octanol–water partition coefficient (Wildman–Crippen LogP) is 4.53. The van der Waals surface area contributed by atoms with Gasteiger partial charge >= 0.3 is 0 Å². The molecular formula is C23H22FN3.